The number of ether oxygens (including phenoxy) is 2. The van der Waals surface area contributed by atoms with Gasteiger partial charge in [0, 0.05) is 17.4 Å². The summed E-state index contributed by atoms with van der Waals surface area (Å²) >= 11 is 0. The van der Waals surface area contributed by atoms with Crippen molar-refractivity contribution in [3.8, 4) is 5.75 Å². The third-order valence-corrected chi connectivity index (χ3v) is 3.71. The van der Waals surface area contributed by atoms with Gasteiger partial charge in [0.15, 0.2) is 6.10 Å². The number of carbonyl (C=O) groups excluding carboxylic acids is 1. The number of alkyl halides is 3. The molecule has 2 heterocycles. The van der Waals surface area contributed by atoms with E-state index in [1.165, 1.54) is 23.1 Å². The van der Waals surface area contributed by atoms with Crippen molar-refractivity contribution in [1.82, 2.24) is 9.88 Å². The molecule has 25 heavy (non-hydrogen) atoms. The molecule has 134 valence electrons. The Morgan fingerprint density at radius 2 is 2.12 bits per heavy atom. The number of morpholine rings is 1. The number of nitrogens with zero attached hydrogens (tertiary/aromatic N) is 1. The predicted octanol–water partition coefficient (Wildman–Crippen LogP) is 1.99. The molecule has 3 rings (SSSR count). The zero-order chi connectivity index (χ0) is 18.2. The van der Waals surface area contributed by atoms with Gasteiger partial charge < -0.3 is 24.5 Å². The molecule has 7 nitrogen and oxygen atoms in total. The number of aliphatic carboxylic acids is 1. The van der Waals surface area contributed by atoms with E-state index in [1.54, 1.807) is 0 Å². The van der Waals surface area contributed by atoms with E-state index in [1.807, 2.05) is 0 Å². The van der Waals surface area contributed by atoms with Gasteiger partial charge in [-0.25, -0.2) is 4.79 Å². The van der Waals surface area contributed by atoms with Crippen LogP contribution in [0.5, 0.6) is 5.75 Å². The first-order valence-electron chi connectivity index (χ1n) is 7.26. The predicted molar refractivity (Wildman–Crippen MR) is 78.3 cm³/mol. The first kappa shape index (κ1) is 17.1. The Balaban J connectivity index is 1.87. The van der Waals surface area contributed by atoms with Crippen LogP contribution in [0, 0.1) is 0 Å². The number of carboxylic acids is 1. The molecule has 1 aliphatic heterocycles. The Morgan fingerprint density at radius 3 is 2.80 bits per heavy atom. The number of halogens is 3. The Bertz CT molecular complexity index is 817. The molecule has 2 N–H and O–H groups in total. The first-order chi connectivity index (χ1) is 11.7. The van der Waals surface area contributed by atoms with E-state index >= 15 is 0 Å². The molecule has 0 spiro atoms. The van der Waals surface area contributed by atoms with Gasteiger partial charge in [0.05, 0.1) is 13.2 Å². The van der Waals surface area contributed by atoms with E-state index in [-0.39, 0.29) is 30.8 Å². The lowest BCUT2D eigenvalue weighted by molar-refractivity contribution is -0.274. The van der Waals surface area contributed by atoms with Gasteiger partial charge in [-0.05, 0) is 18.2 Å². The van der Waals surface area contributed by atoms with Gasteiger partial charge in [-0.2, -0.15) is 0 Å². The van der Waals surface area contributed by atoms with E-state index in [2.05, 4.69) is 9.72 Å². The molecule has 1 aromatic heterocycles. The maximum absolute atomic E-state index is 12.5. The fourth-order valence-corrected chi connectivity index (χ4v) is 2.61. The minimum Gasteiger partial charge on any atom is -0.479 e. The van der Waals surface area contributed by atoms with Crippen molar-refractivity contribution in [1.29, 1.82) is 0 Å². The molecular formula is C15H13F3N2O5. The summed E-state index contributed by atoms with van der Waals surface area (Å²) in [5.74, 6) is -2.13. The molecule has 1 aliphatic rings. The second-order valence-electron chi connectivity index (χ2n) is 5.40. The zero-order valence-electron chi connectivity index (χ0n) is 12.7. The molecule has 0 unspecified atom stereocenters. The lowest BCUT2D eigenvalue weighted by Gasteiger charge is -2.30. The Labute approximate surface area is 138 Å². The fourth-order valence-electron chi connectivity index (χ4n) is 2.61. The third kappa shape index (κ3) is 3.68. The van der Waals surface area contributed by atoms with Crippen LogP contribution in [-0.4, -0.2) is 59.0 Å². The van der Waals surface area contributed by atoms with Gasteiger partial charge in [0.25, 0.3) is 5.91 Å². The lowest BCUT2D eigenvalue weighted by atomic mass is 10.2. The molecule has 1 fully saturated rings. The van der Waals surface area contributed by atoms with Crippen LogP contribution in [0.2, 0.25) is 0 Å². The van der Waals surface area contributed by atoms with Crippen LogP contribution in [0.25, 0.3) is 10.9 Å². The molecule has 0 saturated carbocycles. The molecule has 1 aromatic carbocycles. The summed E-state index contributed by atoms with van der Waals surface area (Å²) in [5, 5.41) is 9.08. The molecule has 1 atom stereocenters. The number of aromatic amines is 1. The standard InChI is InChI=1S/C15H13F3N2O5/c16-15(17,18)25-11-3-1-2-9-8(11)6-10(19-9)13(21)20-4-5-24-12(7-20)14(22)23/h1-3,6,12,19H,4-5,7H2,(H,22,23)/t12-/m1/s1. The highest BCUT2D eigenvalue weighted by molar-refractivity contribution is 6.00. The molecular weight excluding hydrogens is 345 g/mol. The van der Waals surface area contributed by atoms with Crippen molar-refractivity contribution in [3.05, 3.63) is 30.0 Å². The summed E-state index contributed by atoms with van der Waals surface area (Å²) in [6.07, 6.45) is -5.99. The number of carboxylic acid groups (broad SMARTS) is 1. The molecule has 0 aliphatic carbocycles. The Hall–Kier alpha value is -2.75. The number of amides is 1. The Kier molecular flexibility index (Phi) is 4.29. The van der Waals surface area contributed by atoms with Gasteiger partial charge >= 0.3 is 12.3 Å². The highest BCUT2D eigenvalue weighted by Gasteiger charge is 2.33. The average Bonchev–Trinajstić information content (AvgIpc) is 2.98. The van der Waals surface area contributed by atoms with Crippen LogP contribution in [-0.2, 0) is 9.53 Å². The normalized spacial score (nSPS) is 18.4. The van der Waals surface area contributed by atoms with E-state index in [9.17, 15) is 22.8 Å². The van der Waals surface area contributed by atoms with Gasteiger partial charge in [0.1, 0.15) is 11.4 Å². The third-order valence-electron chi connectivity index (χ3n) is 3.71. The van der Waals surface area contributed by atoms with Crippen molar-refractivity contribution < 1.29 is 37.3 Å². The van der Waals surface area contributed by atoms with E-state index in [0.29, 0.717) is 5.52 Å². The van der Waals surface area contributed by atoms with Crippen LogP contribution >= 0.6 is 0 Å². The lowest BCUT2D eigenvalue weighted by Crippen LogP contribution is -2.48. The van der Waals surface area contributed by atoms with Crippen LogP contribution in [0.4, 0.5) is 13.2 Å². The molecule has 0 bridgehead atoms. The largest absolute Gasteiger partial charge is 0.573 e. The van der Waals surface area contributed by atoms with Gasteiger partial charge in [-0.1, -0.05) is 6.07 Å². The van der Waals surface area contributed by atoms with Crippen molar-refractivity contribution in [2.75, 3.05) is 19.7 Å². The van der Waals surface area contributed by atoms with Crippen molar-refractivity contribution >= 4 is 22.8 Å². The monoisotopic (exact) mass is 358 g/mol. The summed E-state index contributed by atoms with van der Waals surface area (Å²) in [6.45, 7) is 0.102. The summed E-state index contributed by atoms with van der Waals surface area (Å²) in [7, 11) is 0. The van der Waals surface area contributed by atoms with Gasteiger partial charge in [-0.15, -0.1) is 13.2 Å². The van der Waals surface area contributed by atoms with E-state index in [0.717, 1.165) is 6.07 Å². The van der Waals surface area contributed by atoms with Crippen LogP contribution in [0.3, 0.4) is 0 Å². The number of carbonyl (C=O) groups is 2. The van der Waals surface area contributed by atoms with Crippen molar-refractivity contribution in [2.45, 2.75) is 12.5 Å². The smallest absolute Gasteiger partial charge is 0.479 e. The van der Waals surface area contributed by atoms with E-state index < -0.39 is 30.1 Å². The minimum atomic E-state index is -4.85. The molecule has 2 aromatic rings. The van der Waals surface area contributed by atoms with Crippen molar-refractivity contribution in [3.63, 3.8) is 0 Å². The quantitative estimate of drug-likeness (QED) is 0.876. The van der Waals surface area contributed by atoms with Crippen LogP contribution < -0.4 is 4.74 Å². The number of nitrogens with one attached hydrogen (secondary N) is 1. The second kappa shape index (κ2) is 6.28. The number of hydrogen-bond acceptors (Lipinski definition) is 4. The average molecular weight is 358 g/mol. The molecule has 0 radical (unpaired) electrons. The Morgan fingerprint density at radius 1 is 1.36 bits per heavy atom. The maximum atomic E-state index is 12.5. The van der Waals surface area contributed by atoms with Crippen LogP contribution in [0.15, 0.2) is 24.3 Å². The topological polar surface area (TPSA) is 91.9 Å². The number of rotatable bonds is 3. The summed E-state index contributed by atoms with van der Waals surface area (Å²) in [5.41, 5.74) is 0.340. The van der Waals surface area contributed by atoms with Gasteiger partial charge in [-0.3, -0.25) is 4.79 Å². The number of fused-ring (bicyclic) bond motifs is 1. The molecule has 10 heteroatoms. The number of aromatic nitrogens is 1. The summed E-state index contributed by atoms with van der Waals surface area (Å²) < 4.78 is 46.4. The first-order valence-corrected chi connectivity index (χ1v) is 7.26. The fraction of sp³-hybridized carbons (Fsp3) is 0.333. The highest BCUT2D eigenvalue weighted by atomic mass is 19.4. The summed E-state index contributed by atoms with van der Waals surface area (Å²) in [4.78, 5) is 27.5. The van der Waals surface area contributed by atoms with Crippen LogP contribution in [0.1, 0.15) is 10.5 Å². The SMILES string of the molecule is O=C(O)[C@H]1CN(C(=O)c2cc3c(OC(F)(F)F)cccc3[nH]2)CCO1. The number of benzene rings is 1. The zero-order valence-corrected chi connectivity index (χ0v) is 12.7. The molecule has 1 saturated heterocycles. The maximum Gasteiger partial charge on any atom is 0.573 e. The minimum absolute atomic E-state index is 0.0410. The van der Waals surface area contributed by atoms with Gasteiger partial charge in [0.2, 0.25) is 0 Å². The summed E-state index contributed by atoms with van der Waals surface area (Å²) in [6, 6.07) is 5.27. The van der Waals surface area contributed by atoms with Crippen molar-refractivity contribution in [2.24, 2.45) is 0 Å². The second-order valence-corrected chi connectivity index (χ2v) is 5.40. The molecule has 1 amide bonds. The highest BCUT2D eigenvalue weighted by Crippen LogP contribution is 2.31. The van der Waals surface area contributed by atoms with E-state index in [4.69, 9.17) is 9.84 Å². The number of hydrogen-bond donors (Lipinski definition) is 2. The number of H-pyrrole nitrogens is 1.